The van der Waals surface area contributed by atoms with Gasteiger partial charge in [-0.25, -0.2) is 9.78 Å². The molecule has 2 aromatic heterocycles. The minimum absolute atomic E-state index is 0.390. The maximum Gasteiger partial charge on any atom is 0.326 e. The van der Waals surface area contributed by atoms with Gasteiger partial charge in [-0.05, 0) is 24.6 Å². The molecular weight excluding hydrogens is 252 g/mol. The highest BCUT2D eigenvalue weighted by Gasteiger charge is 2.22. The van der Waals surface area contributed by atoms with Crippen molar-refractivity contribution in [2.45, 2.75) is 19.4 Å². The van der Waals surface area contributed by atoms with Crippen LogP contribution in [0.5, 0.6) is 0 Å². The summed E-state index contributed by atoms with van der Waals surface area (Å²) in [6.45, 7) is 1.83. The van der Waals surface area contributed by atoms with Gasteiger partial charge in [-0.1, -0.05) is 0 Å². The highest BCUT2D eigenvalue weighted by molar-refractivity contribution is 5.83. The van der Waals surface area contributed by atoms with E-state index >= 15 is 0 Å². The lowest BCUT2D eigenvalue weighted by Gasteiger charge is -2.14. The molecule has 0 aromatic carbocycles. The van der Waals surface area contributed by atoms with Gasteiger partial charge in [0.25, 0.3) is 0 Å². The average Bonchev–Trinajstić information content (AvgIpc) is 2.75. The van der Waals surface area contributed by atoms with Gasteiger partial charge in [-0.3, -0.25) is 4.79 Å². The Kier molecular flexibility index (Phi) is 3.32. The number of nitrogens with zero attached hydrogens (tertiary/aromatic N) is 3. The summed E-state index contributed by atoms with van der Waals surface area (Å²) in [5, 5.41) is 24.3. The fraction of sp³-hybridized carbons (Fsp3) is 0.273. The van der Waals surface area contributed by atoms with Gasteiger partial charge in [-0.15, -0.1) is 0 Å². The monoisotopic (exact) mass is 264 g/mol. The van der Waals surface area contributed by atoms with Crippen molar-refractivity contribution in [3.8, 4) is 0 Å². The third-order valence-electron chi connectivity index (χ3n) is 2.52. The van der Waals surface area contributed by atoms with Gasteiger partial charge in [0, 0.05) is 0 Å². The lowest BCUT2D eigenvalue weighted by molar-refractivity contribution is -0.144. The second-order valence-corrected chi connectivity index (χ2v) is 4.08. The molecule has 2 heterocycles. The summed E-state index contributed by atoms with van der Waals surface area (Å²) >= 11 is 0. The van der Waals surface area contributed by atoms with Crippen LogP contribution < -0.4 is 5.32 Å². The van der Waals surface area contributed by atoms with E-state index in [1.54, 1.807) is 12.1 Å². The van der Waals surface area contributed by atoms with Gasteiger partial charge in [0.1, 0.15) is 18.2 Å². The molecule has 0 spiro atoms. The predicted molar refractivity (Wildman–Crippen MR) is 65.0 cm³/mol. The maximum absolute atomic E-state index is 11.0. The Morgan fingerprint density at radius 1 is 1.42 bits per heavy atom. The number of carbonyl (C=O) groups is 2. The fourth-order valence-corrected chi connectivity index (χ4v) is 1.71. The molecule has 19 heavy (non-hydrogen) atoms. The number of carboxylic acid groups (broad SMARTS) is 2. The van der Waals surface area contributed by atoms with E-state index in [0.29, 0.717) is 11.5 Å². The molecular formula is C11H12N4O4. The molecule has 8 heteroatoms. The Morgan fingerprint density at radius 2 is 2.16 bits per heavy atom. The number of aromatic nitrogens is 3. The van der Waals surface area contributed by atoms with Crippen molar-refractivity contribution >= 4 is 23.4 Å². The molecule has 0 saturated heterocycles. The van der Waals surface area contributed by atoms with Crippen molar-refractivity contribution in [1.29, 1.82) is 0 Å². The van der Waals surface area contributed by atoms with Gasteiger partial charge >= 0.3 is 11.9 Å². The van der Waals surface area contributed by atoms with Crippen LogP contribution >= 0.6 is 0 Å². The van der Waals surface area contributed by atoms with E-state index < -0.39 is 24.4 Å². The Hall–Kier alpha value is -2.64. The van der Waals surface area contributed by atoms with Crippen molar-refractivity contribution in [3.63, 3.8) is 0 Å². The third kappa shape index (κ3) is 2.79. The van der Waals surface area contributed by atoms with Crippen LogP contribution in [0, 0.1) is 6.92 Å². The summed E-state index contributed by atoms with van der Waals surface area (Å²) in [6.07, 6.45) is 0.812. The Bertz CT molecular complexity index is 637. The highest BCUT2D eigenvalue weighted by Crippen LogP contribution is 2.15. The smallest absolute Gasteiger partial charge is 0.326 e. The van der Waals surface area contributed by atoms with Gasteiger partial charge in [0.05, 0.1) is 6.42 Å². The van der Waals surface area contributed by atoms with E-state index in [0.717, 1.165) is 5.56 Å². The minimum atomic E-state index is -1.24. The summed E-state index contributed by atoms with van der Waals surface area (Å²) in [5.74, 6) is -2.04. The van der Waals surface area contributed by atoms with Gasteiger partial charge in [-0.2, -0.15) is 9.61 Å². The predicted octanol–water partition coefficient (Wildman–Crippen LogP) is 0.378. The van der Waals surface area contributed by atoms with E-state index in [9.17, 15) is 9.59 Å². The molecule has 3 N–H and O–H groups in total. The van der Waals surface area contributed by atoms with Crippen LogP contribution in [0.2, 0.25) is 0 Å². The molecule has 0 bridgehead atoms. The van der Waals surface area contributed by atoms with Crippen molar-refractivity contribution in [2.75, 3.05) is 5.32 Å². The van der Waals surface area contributed by atoms with Crippen LogP contribution in [-0.4, -0.2) is 42.8 Å². The molecule has 100 valence electrons. The average molecular weight is 264 g/mol. The number of fused-ring (bicyclic) bond motifs is 1. The number of aliphatic carboxylic acids is 2. The summed E-state index contributed by atoms with van der Waals surface area (Å²) in [4.78, 5) is 25.7. The normalized spacial score (nSPS) is 12.3. The second-order valence-electron chi connectivity index (χ2n) is 4.08. The van der Waals surface area contributed by atoms with Crippen LogP contribution in [0.1, 0.15) is 12.0 Å². The molecule has 2 rings (SSSR count). The molecule has 0 saturated carbocycles. The number of carboxylic acids is 2. The quantitative estimate of drug-likeness (QED) is 0.714. The number of hydrogen-bond donors (Lipinski definition) is 3. The molecule has 0 aliphatic heterocycles. The number of rotatable bonds is 5. The minimum Gasteiger partial charge on any atom is -0.481 e. The number of hydrogen-bond acceptors (Lipinski definition) is 5. The fourth-order valence-electron chi connectivity index (χ4n) is 1.71. The van der Waals surface area contributed by atoms with Crippen LogP contribution in [0.25, 0.3) is 5.65 Å². The zero-order valence-corrected chi connectivity index (χ0v) is 10.1. The van der Waals surface area contributed by atoms with Gasteiger partial charge in [0.15, 0.2) is 5.65 Å². The van der Waals surface area contributed by atoms with Gasteiger partial charge < -0.3 is 15.5 Å². The topological polar surface area (TPSA) is 117 Å². The molecule has 1 unspecified atom stereocenters. The maximum atomic E-state index is 11.0. The van der Waals surface area contributed by atoms with E-state index in [2.05, 4.69) is 15.4 Å². The molecule has 0 aliphatic carbocycles. The lowest BCUT2D eigenvalue weighted by Crippen LogP contribution is -2.32. The second kappa shape index (κ2) is 4.92. The third-order valence-corrected chi connectivity index (χ3v) is 2.52. The van der Waals surface area contributed by atoms with Crippen molar-refractivity contribution in [2.24, 2.45) is 0 Å². The molecule has 1 atom stereocenters. The highest BCUT2D eigenvalue weighted by atomic mass is 16.4. The summed E-state index contributed by atoms with van der Waals surface area (Å²) in [5.41, 5.74) is 1.42. The van der Waals surface area contributed by atoms with E-state index in [4.69, 9.17) is 10.2 Å². The molecule has 0 radical (unpaired) electrons. The summed E-state index contributed by atoms with van der Waals surface area (Å²) in [6, 6.07) is 2.23. The first-order valence-corrected chi connectivity index (χ1v) is 5.49. The lowest BCUT2D eigenvalue weighted by atomic mass is 10.2. The van der Waals surface area contributed by atoms with Gasteiger partial charge in [0.2, 0.25) is 0 Å². The number of pyridine rings is 1. The number of anilines is 1. The number of aryl methyl sites for hydroxylation is 1. The van der Waals surface area contributed by atoms with Crippen LogP contribution in [-0.2, 0) is 9.59 Å². The Morgan fingerprint density at radius 3 is 2.79 bits per heavy atom. The molecule has 8 nitrogen and oxygen atoms in total. The summed E-state index contributed by atoms with van der Waals surface area (Å²) < 4.78 is 1.42. The van der Waals surface area contributed by atoms with Crippen LogP contribution in [0.15, 0.2) is 18.5 Å². The first-order valence-electron chi connectivity index (χ1n) is 5.49. The Labute approximate surface area is 107 Å². The van der Waals surface area contributed by atoms with Crippen LogP contribution in [0.3, 0.4) is 0 Å². The molecule has 0 fully saturated rings. The van der Waals surface area contributed by atoms with E-state index in [1.165, 1.54) is 10.8 Å². The molecule has 0 aliphatic rings. The van der Waals surface area contributed by atoms with E-state index in [1.807, 2.05) is 6.92 Å². The van der Waals surface area contributed by atoms with Crippen LogP contribution in [0.4, 0.5) is 5.82 Å². The SMILES string of the molecule is Cc1cc(NC(CC(=O)O)C(=O)O)n2ncnc2c1. The van der Waals surface area contributed by atoms with Crippen molar-refractivity contribution in [3.05, 3.63) is 24.0 Å². The molecule has 0 amide bonds. The number of nitrogens with one attached hydrogen (secondary N) is 1. The summed E-state index contributed by atoms with van der Waals surface area (Å²) in [7, 11) is 0. The molecule has 2 aromatic rings. The first kappa shape index (κ1) is 12.8. The standard InChI is InChI=1S/C11H12N4O4/c1-6-2-8-12-5-13-15(8)9(3-6)14-7(11(18)19)4-10(16)17/h2-3,5,7,14H,4H2,1H3,(H,16,17)(H,18,19). The zero-order valence-electron chi connectivity index (χ0n) is 10.1. The largest absolute Gasteiger partial charge is 0.481 e. The van der Waals surface area contributed by atoms with Crippen molar-refractivity contribution in [1.82, 2.24) is 14.6 Å². The zero-order chi connectivity index (χ0) is 14.0. The van der Waals surface area contributed by atoms with E-state index in [-0.39, 0.29) is 0 Å². The first-order chi connectivity index (χ1) is 8.97. The van der Waals surface area contributed by atoms with Crippen molar-refractivity contribution < 1.29 is 19.8 Å². The Balaban J connectivity index is 2.35.